The van der Waals surface area contributed by atoms with E-state index in [0.717, 1.165) is 17.9 Å². The van der Waals surface area contributed by atoms with Crippen LogP contribution in [0.15, 0.2) is 23.6 Å². The summed E-state index contributed by atoms with van der Waals surface area (Å²) in [5.41, 5.74) is 5.44. The molecule has 1 aromatic heterocycles. The lowest BCUT2D eigenvalue weighted by atomic mass is 10.1. The van der Waals surface area contributed by atoms with Crippen molar-refractivity contribution in [1.82, 2.24) is 4.98 Å². The van der Waals surface area contributed by atoms with E-state index >= 15 is 0 Å². The second-order valence-electron chi connectivity index (χ2n) is 4.44. The molecule has 0 bridgehead atoms. The number of nitrogens with zero attached hydrogens (tertiary/aromatic N) is 1. The van der Waals surface area contributed by atoms with Crippen LogP contribution in [0.2, 0.25) is 0 Å². The summed E-state index contributed by atoms with van der Waals surface area (Å²) in [7, 11) is 0. The maximum Gasteiger partial charge on any atom is 0.0940 e. The van der Waals surface area contributed by atoms with E-state index in [-0.39, 0.29) is 0 Å². The van der Waals surface area contributed by atoms with Crippen molar-refractivity contribution in [1.29, 1.82) is 0 Å². The number of aromatic nitrogens is 1. The molecule has 0 fully saturated rings. The molecule has 0 radical (unpaired) electrons. The molecule has 0 spiro atoms. The van der Waals surface area contributed by atoms with Gasteiger partial charge in [-0.3, -0.25) is 0 Å². The van der Waals surface area contributed by atoms with E-state index in [0.29, 0.717) is 0 Å². The molecule has 0 aliphatic heterocycles. The van der Waals surface area contributed by atoms with Gasteiger partial charge in [0.05, 0.1) is 10.7 Å². The minimum absolute atomic E-state index is 0.872. The Kier molecular flexibility index (Phi) is 3.21. The molecule has 0 saturated heterocycles. The number of hydrogen-bond donors (Lipinski definition) is 1. The number of fused-ring (bicyclic) bond motifs is 1. The lowest BCUT2D eigenvalue weighted by molar-refractivity contribution is 0.912. The van der Waals surface area contributed by atoms with Gasteiger partial charge in [-0.15, -0.1) is 11.3 Å². The van der Waals surface area contributed by atoms with Crippen LogP contribution in [0.4, 0.5) is 0 Å². The summed E-state index contributed by atoms with van der Waals surface area (Å²) in [5.74, 6) is 0.872. The van der Waals surface area contributed by atoms with Gasteiger partial charge in [-0.1, -0.05) is 12.1 Å². The van der Waals surface area contributed by atoms with Crippen LogP contribution in [-0.2, 0) is 19.3 Å². The quantitative estimate of drug-likeness (QED) is 0.830. The van der Waals surface area contributed by atoms with E-state index < -0.39 is 0 Å². The number of hydrogen-bond acceptors (Lipinski definition) is 3. The van der Waals surface area contributed by atoms with Gasteiger partial charge in [-0.25, -0.2) is 4.98 Å². The molecule has 1 nitrogen and oxygen atoms in total. The molecule has 3 rings (SSSR count). The Morgan fingerprint density at radius 3 is 3.00 bits per heavy atom. The van der Waals surface area contributed by atoms with Gasteiger partial charge >= 0.3 is 0 Å². The largest absolute Gasteiger partial charge is 0.241 e. The molecule has 0 unspecified atom stereocenters. The maximum atomic E-state index is 4.67. The van der Waals surface area contributed by atoms with Crippen molar-refractivity contribution < 1.29 is 0 Å². The van der Waals surface area contributed by atoms with Gasteiger partial charge in [0.25, 0.3) is 0 Å². The zero-order valence-corrected chi connectivity index (χ0v) is 11.4. The SMILES string of the molecule is SCCc1nc(-c2ccc3c(c2)CCC3)cs1. The molecule has 1 aliphatic rings. The number of thiol groups is 1. The summed E-state index contributed by atoms with van der Waals surface area (Å²) >= 11 is 5.99. The molecule has 0 atom stereocenters. The third-order valence-corrected chi connectivity index (χ3v) is 4.40. The molecule has 2 aromatic rings. The predicted octanol–water partition coefficient (Wildman–Crippen LogP) is 3.77. The van der Waals surface area contributed by atoms with Crippen LogP contribution in [-0.4, -0.2) is 10.7 Å². The molecule has 0 amide bonds. The van der Waals surface area contributed by atoms with E-state index in [9.17, 15) is 0 Å². The molecule has 0 saturated carbocycles. The fourth-order valence-electron chi connectivity index (χ4n) is 2.39. The smallest absolute Gasteiger partial charge is 0.0940 e. The van der Waals surface area contributed by atoms with Crippen molar-refractivity contribution >= 4 is 24.0 Å². The number of thiazole rings is 1. The first-order valence-electron chi connectivity index (χ1n) is 6.04. The Bertz CT molecular complexity index is 531. The van der Waals surface area contributed by atoms with Gasteiger partial charge in [0.15, 0.2) is 0 Å². The first-order valence-corrected chi connectivity index (χ1v) is 7.55. The third-order valence-electron chi connectivity index (χ3n) is 3.27. The van der Waals surface area contributed by atoms with Crippen molar-refractivity contribution in [3.05, 3.63) is 39.7 Å². The second-order valence-corrected chi connectivity index (χ2v) is 5.83. The first kappa shape index (κ1) is 11.3. The van der Waals surface area contributed by atoms with Gasteiger partial charge in [-0.2, -0.15) is 12.6 Å². The summed E-state index contributed by atoms with van der Waals surface area (Å²) in [6, 6.07) is 6.81. The van der Waals surface area contributed by atoms with Crippen LogP contribution in [0.1, 0.15) is 22.6 Å². The second kappa shape index (κ2) is 4.83. The van der Waals surface area contributed by atoms with Crippen LogP contribution < -0.4 is 0 Å². The van der Waals surface area contributed by atoms with Crippen LogP contribution in [0, 0.1) is 0 Å². The molecular formula is C14H15NS2. The van der Waals surface area contributed by atoms with Crippen LogP contribution in [0.5, 0.6) is 0 Å². The first-order chi connectivity index (χ1) is 8.36. The molecule has 1 aromatic carbocycles. The fourth-order valence-corrected chi connectivity index (χ4v) is 3.56. The van der Waals surface area contributed by atoms with Gasteiger partial charge < -0.3 is 0 Å². The summed E-state index contributed by atoms with van der Waals surface area (Å²) in [5, 5.41) is 3.35. The Hall–Kier alpha value is -0.800. The van der Waals surface area contributed by atoms with Crippen LogP contribution in [0.3, 0.4) is 0 Å². The fraction of sp³-hybridized carbons (Fsp3) is 0.357. The average Bonchev–Trinajstić information content (AvgIpc) is 2.96. The highest BCUT2D eigenvalue weighted by Crippen LogP contribution is 2.28. The van der Waals surface area contributed by atoms with Gasteiger partial charge in [0.2, 0.25) is 0 Å². The molecule has 1 aliphatic carbocycles. The normalized spacial score (nSPS) is 13.9. The standard InChI is InChI=1S/C14H15NS2/c16-7-6-14-15-13(9-17-14)12-5-4-10-2-1-3-11(10)8-12/h4-5,8-9,16H,1-3,6-7H2. The molecule has 17 heavy (non-hydrogen) atoms. The van der Waals surface area contributed by atoms with E-state index in [4.69, 9.17) is 0 Å². The monoisotopic (exact) mass is 261 g/mol. The highest BCUT2D eigenvalue weighted by Gasteiger charge is 2.12. The van der Waals surface area contributed by atoms with Crippen molar-refractivity contribution in [3.63, 3.8) is 0 Å². The summed E-state index contributed by atoms with van der Waals surface area (Å²) in [4.78, 5) is 4.67. The van der Waals surface area contributed by atoms with Gasteiger partial charge in [0, 0.05) is 17.4 Å². The Morgan fingerprint density at radius 1 is 1.24 bits per heavy atom. The maximum absolute atomic E-state index is 4.67. The molecular weight excluding hydrogens is 246 g/mol. The lowest BCUT2D eigenvalue weighted by Crippen LogP contribution is -1.87. The number of aryl methyl sites for hydroxylation is 3. The number of benzene rings is 1. The van der Waals surface area contributed by atoms with E-state index in [2.05, 4.69) is 41.2 Å². The molecule has 88 valence electrons. The summed E-state index contributed by atoms with van der Waals surface area (Å²) < 4.78 is 0. The minimum atomic E-state index is 0.872. The average molecular weight is 261 g/mol. The topological polar surface area (TPSA) is 12.9 Å². The predicted molar refractivity (Wildman–Crippen MR) is 77.1 cm³/mol. The summed E-state index contributed by atoms with van der Waals surface area (Å²) in [6.45, 7) is 0. The highest BCUT2D eigenvalue weighted by molar-refractivity contribution is 7.80. The van der Waals surface area contributed by atoms with Crippen molar-refractivity contribution in [2.24, 2.45) is 0 Å². The zero-order chi connectivity index (χ0) is 11.7. The molecule has 3 heteroatoms. The van der Waals surface area contributed by atoms with Crippen LogP contribution >= 0.6 is 24.0 Å². The summed E-state index contributed by atoms with van der Waals surface area (Å²) in [6.07, 6.45) is 4.76. The van der Waals surface area contributed by atoms with Crippen molar-refractivity contribution in [2.45, 2.75) is 25.7 Å². The minimum Gasteiger partial charge on any atom is -0.241 e. The van der Waals surface area contributed by atoms with Crippen molar-refractivity contribution in [3.8, 4) is 11.3 Å². The number of rotatable bonds is 3. The Balaban J connectivity index is 1.92. The van der Waals surface area contributed by atoms with E-state index in [1.54, 1.807) is 11.3 Å². The van der Waals surface area contributed by atoms with Gasteiger partial charge in [0.1, 0.15) is 0 Å². The molecule has 1 heterocycles. The van der Waals surface area contributed by atoms with Crippen LogP contribution in [0.25, 0.3) is 11.3 Å². The zero-order valence-electron chi connectivity index (χ0n) is 9.65. The van der Waals surface area contributed by atoms with E-state index in [1.165, 1.54) is 41.0 Å². The third kappa shape index (κ3) is 2.26. The van der Waals surface area contributed by atoms with Gasteiger partial charge in [-0.05, 0) is 42.2 Å². The molecule has 0 N–H and O–H groups in total. The van der Waals surface area contributed by atoms with Crippen molar-refractivity contribution in [2.75, 3.05) is 5.75 Å². The lowest BCUT2D eigenvalue weighted by Gasteiger charge is -2.02. The van der Waals surface area contributed by atoms with E-state index in [1.807, 2.05) is 0 Å². The Labute approximate surface area is 111 Å². The Morgan fingerprint density at radius 2 is 2.12 bits per heavy atom. The highest BCUT2D eigenvalue weighted by atomic mass is 32.1.